The maximum absolute atomic E-state index is 13.2. The molecule has 1 aliphatic rings. The highest BCUT2D eigenvalue weighted by atomic mass is 32.1. The van der Waals surface area contributed by atoms with Crippen molar-refractivity contribution in [2.45, 2.75) is 66.2 Å². The molecule has 170 valence electrons. The first-order valence-corrected chi connectivity index (χ1v) is 11.1. The Hall–Kier alpha value is -2.46. The monoisotopic (exact) mass is 450 g/mol. The standard InChI is InChI=1S/C21H30N4O5S/c1-13-14(11-22-23-18(27)30-20(2,3)4)31-17-15(13)16(26)25(12-21(5)7-8-21)19(28)24(17)9-10-29-6/h11H,7-10,12H2,1-6H3,(H,23,27)/b22-11+. The molecule has 0 saturated heterocycles. The van der Waals surface area contributed by atoms with Gasteiger partial charge in [-0.25, -0.2) is 15.0 Å². The van der Waals surface area contributed by atoms with E-state index < -0.39 is 11.7 Å². The van der Waals surface area contributed by atoms with E-state index >= 15 is 0 Å². The van der Waals surface area contributed by atoms with E-state index in [1.54, 1.807) is 32.4 Å². The van der Waals surface area contributed by atoms with E-state index in [-0.39, 0.29) is 16.7 Å². The quantitative estimate of drug-likeness (QED) is 0.516. The zero-order valence-corrected chi connectivity index (χ0v) is 19.7. The van der Waals surface area contributed by atoms with Gasteiger partial charge in [0.2, 0.25) is 0 Å². The lowest BCUT2D eigenvalue weighted by Crippen LogP contribution is -2.41. The first-order valence-electron chi connectivity index (χ1n) is 10.2. The van der Waals surface area contributed by atoms with Crippen LogP contribution in [-0.2, 0) is 22.6 Å². The zero-order chi connectivity index (χ0) is 23.0. The van der Waals surface area contributed by atoms with Gasteiger partial charge in [0, 0.05) is 13.7 Å². The molecule has 0 aliphatic heterocycles. The van der Waals surface area contributed by atoms with E-state index in [9.17, 15) is 14.4 Å². The number of hydrazone groups is 1. The predicted octanol–water partition coefficient (Wildman–Crippen LogP) is 2.84. The van der Waals surface area contributed by atoms with Gasteiger partial charge in [-0.2, -0.15) is 5.10 Å². The number of hydrogen-bond donors (Lipinski definition) is 1. The third-order valence-corrected chi connectivity index (χ3v) is 6.48. The molecule has 31 heavy (non-hydrogen) atoms. The van der Waals surface area contributed by atoms with Crippen molar-refractivity contribution in [3.05, 3.63) is 31.3 Å². The Morgan fingerprint density at radius 2 is 1.97 bits per heavy atom. The second kappa shape index (κ2) is 8.58. The summed E-state index contributed by atoms with van der Waals surface area (Å²) in [5.74, 6) is 0. The summed E-state index contributed by atoms with van der Waals surface area (Å²) in [5, 5.41) is 4.46. The molecule has 2 aromatic heterocycles. The van der Waals surface area contributed by atoms with Crippen LogP contribution in [0, 0.1) is 12.3 Å². The van der Waals surface area contributed by atoms with Crippen molar-refractivity contribution in [3.8, 4) is 0 Å². The largest absolute Gasteiger partial charge is 0.443 e. The molecule has 0 unspecified atom stereocenters. The topological polar surface area (TPSA) is 104 Å². The fraction of sp³-hybridized carbons (Fsp3) is 0.619. The maximum atomic E-state index is 13.2. The number of hydrogen-bond acceptors (Lipinski definition) is 7. The van der Waals surface area contributed by atoms with Crippen LogP contribution in [0.5, 0.6) is 0 Å². The fourth-order valence-corrected chi connectivity index (χ4v) is 4.44. The highest BCUT2D eigenvalue weighted by Gasteiger charge is 2.38. The van der Waals surface area contributed by atoms with Gasteiger partial charge in [0.15, 0.2) is 0 Å². The SMILES string of the molecule is COCCn1c(=O)n(CC2(C)CC2)c(=O)c2c(C)c(/C=N/NC(=O)OC(C)(C)C)sc21. The van der Waals surface area contributed by atoms with Gasteiger partial charge >= 0.3 is 11.8 Å². The molecule has 0 spiro atoms. The van der Waals surface area contributed by atoms with Gasteiger partial charge in [-0.05, 0) is 51.5 Å². The van der Waals surface area contributed by atoms with Crippen molar-refractivity contribution < 1.29 is 14.3 Å². The van der Waals surface area contributed by atoms with Crippen molar-refractivity contribution >= 4 is 33.9 Å². The average Bonchev–Trinajstić information content (AvgIpc) is 3.30. The number of aryl methyl sites for hydroxylation is 1. The second-order valence-corrected chi connectivity index (χ2v) is 10.3. The average molecular weight is 451 g/mol. The molecular formula is C21H30N4O5S. The molecule has 0 aromatic carbocycles. The number of ether oxygens (including phenoxy) is 2. The van der Waals surface area contributed by atoms with Crippen molar-refractivity contribution in [2.24, 2.45) is 10.5 Å². The summed E-state index contributed by atoms with van der Waals surface area (Å²) in [5.41, 5.74) is 1.82. The van der Waals surface area contributed by atoms with Gasteiger partial charge in [-0.1, -0.05) is 6.92 Å². The zero-order valence-electron chi connectivity index (χ0n) is 18.9. The third-order valence-electron chi connectivity index (χ3n) is 5.23. The Morgan fingerprint density at radius 1 is 1.29 bits per heavy atom. The van der Waals surface area contributed by atoms with Crippen molar-refractivity contribution in [1.82, 2.24) is 14.6 Å². The number of nitrogens with zero attached hydrogens (tertiary/aromatic N) is 3. The Balaban J connectivity index is 2.02. The molecule has 1 N–H and O–H groups in total. The van der Waals surface area contributed by atoms with Crippen LogP contribution in [0.25, 0.3) is 10.2 Å². The number of methoxy groups -OCH3 is 1. The lowest BCUT2D eigenvalue weighted by atomic mass is 10.1. The fourth-order valence-electron chi connectivity index (χ4n) is 3.25. The Morgan fingerprint density at radius 3 is 2.55 bits per heavy atom. The van der Waals surface area contributed by atoms with Crippen LogP contribution >= 0.6 is 11.3 Å². The lowest BCUT2D eigenvalue weighted by molar-refractivity contribution is 0.0529. The first kappa shape index (κ1) is 23.2. The summed E-state index contributed by atoms with van der Waals surface area (Å²) in [6, 6.07) is 0. The minimum absolute atomic E-state index is 0.00129. The first-order chi connectivity index (χ1) is 14.5. The summed E-state index contributed by atoms with van der Waals surface area (Å²) in [7, 11) is 1.57. The number of rotatable bonds is 7. The van der Waals surface area contributed by atoms with Gasteiger partial charge in [0.1, 0.15) is 10.4 Å². The Labute approximate surface area is 184 Å². The van der Waals surface area contributed by atoms with E-state index in [0.29, 0.717) is 34.8 Å². The van der Waals surface area contributed by atoms with Crippen molar-refractivity contribution in [3.63, 3.8) is 0 Å². The smallest absolute Gasteiger partial charge is 0.428 e. The molecule has 2 aromatic rings. The number of carbonyl (C=O) groups excluding carboxylic acids is 1. The predicted molar refractivity (Wildman–Crippen MR) is 121 cm³/mol. The molecule has 3 rings (SSSR count). The Bertz CT molecular complexity index is 1130. The molecule has 1 aliphatic carbocycles. The molecule has 1 fully saturated rings. The van der Waals surface area contributed by atoms with Gasteiger partial charge in [-0.3, -0.25) is 13.9 Å². The van der Waals surface area contributed by atoms with E-state index in [1.165, 1.54) is 22.1 Å². The minimum atomic E-state index is -0.667. The number of amides is 1. The van der Waals surface area contributed by atoms with Crippen LogP contribution in [0.4, 0.5) is 4.79 Å². The number of aromatic nitrogens is 2. The summed E-state index contributed by atoms with van der Waals surface area (Å²) in [4.78, 5) is 39.5. The number of fused-ring (bicyclic) bond motifs is 1. The van der Waals surface area contributed by atoms with E-state index in [2.05, 4.69) is 17.5 Å². The van der Waals surface area contributed by atoms with E-state index in [1.807, 2.05) is 6.92 Å². The van der Waals surface area contributed by atoms with Gasteiger partial charge in [0.05, 0.1) is 29.6 Å². The third kappa shape index (κ3) is 5.24. The second-order valence-electron chi connectivity index (χ2n) is 9.27. The van der Waals surface area contributed by atoms with Crippen molar-refractivity contribution in [2.75, 3.05) is 13.7 Å². The van der Waals surface area contributed by atoms with Gasteiger partial charge in [0.25, 0.3) is 5.56 Å². The molecular weight excluding hydrogens is 420 g/mol. The molecule has 10 heteroatoms. The lowest BCUT2D eigenvalue weighted by Gasteiger charge is -2.18. The van der Waals surface area contributed by atoms with Gasteiger partial charge in [-0.15, -0.1) is 11.3 Å². The molecule has 1 amide bonds. The normalized spacial score (nSPS) is 15.5. The van der Waals surface area contributed by atoms with Gasteiger partial charge < -0.3 is 9.47 Å². The summed E-state index contributed by atoms with van der Waals surface area (Å²) in [6.45, 7) is 10.3. The number of thiophene rings is 1. The van der Waals surface area contributed by atoms with E-state index in [0.717, 1.165) is 18.4 Å². The maximum Gasteiger partial charge on any atom is 0.428 e. The molecule has 0 radical (unpaired) electrons. The highest BCUT2D eigenvalue weighted by molar-refractivity contribution is 7.20. The van der Waals surface area contributed by atoms with Crippen LogP contribution < -0.4 is 16.7 Å². The van der Waals surface area contributed by atoms with Crippen LogP contribution in [0.3, 0.4) is 0 Å². The van der Waals surface area contributed by atoms with Crippen LogP contribution in [0.1, 0.15) is 51.0 Å². The Kier molecular flexibility index (Phi) is 6.43. The highest BCUT2D eigenvalue weighted by Crippen LogP contribution is 2.46. The minimum Gasteiger partial charge on any atom is -0.443 e. The molecule has 2 heterocycles. The van der Waals surface area contributed by atoms with Crippen LogP contribution in [0.2, 0.25) is 0 Å². The molecule has 0 bridgehead atoms. The summed E-state index contributed by atoms with van der Waals surface area (Å²) < 4.78 is 13.3. The van der Waals surface area contributed by atoms with Crippen LogP contribution in [-0.4, -0.2) is 40.8 Å². The van der Waals surface area contributed by atoms with E-state index in [4.69, 9.17) is 9.47 Å². The number of carbonyl (C=O) groups is 1. The van der Waals surface area contributed by atoms with Crippen molar-refractivity contribution in [1.29, 1.82) is 0 Å². The molecule has 0 atom stereocenters. The molecule has 9 nitrogen and oxygen atoms in total. The number of nitrogens with one attached hydrogen (secondary N) is 1. The molecule has 1 saturated carbocycles. The van der Waals surface area contributed by atoms with Crippen LogP contribution in [0.15, 0.2) is 14.7 Å². The summed E-state index contributed by atoms with van der Waals surface area (Å²) in [6.07, 6.45) is 2.82. The summed E-state index contributed by atoms with van der Waals surface area (Å²) >= 11 is 1.29.